The molecule has 0 fully saturated rings. The summed E-state index contributed by atoms with van der Waals surface area (Å²) in [6, 6.07) is -0.914. The number of nitrogens with one attached hydrogen (secondary N) is 2. The standard InChI is InChI=1S/C10H19F3N2O3S/c1-7(8(16)15-6-10(11,12)13)14-5-9(2,3)19(4,17)18/h7,14H,5-6H2,1-4H3,(H,15,16). The molecule has 1 atom stereocenters. The highest BCUT2D eigenvalue weighted by molar-refractivity contribution is 7.92. The minimum atomic E-state index is -4.47. The Morgan fingerprint density at radius 3 is 2.05 bits per heavy atom. The van der Waals surface area contributed by atoms with Crippen LogP contribution in [-0.4, -0.2) is 50.6 Å². The molecule has 19 heavy (non-hydrogen) atoms. The van der Waals surface area contributed by atoms with Crippen molar-refractivity contribution in [3.63, 3.8) is 0 Å². The van der Waals surface area contributed by atoms with E-state index >= 15 is 0 Å². The quantitative estimate of drug-likeness (QED) is 0.748. The smallest absolute Gasteiger partial charge is 0.346 e. The molecular weight excluding hydrogens is 285 g/mol. The summed E-state index contributed by atoms with van der Waals surface area (Å²) in [4.78, 5) is 11.3. The second kappa shape index (κ2) is 6.08. The van der Waals surface area contributed by atoms with Crippen LogP contribution in [0.1, 0.15) is 20.8 Å². The van der Waals surface area contributed by atoms with Crippen LogP contribution >= 0.6 is 0 Å². The SMILES string of the molecule is CC(NCC(C)(C)S(C)(=O)=O)C(=O)NCC(F)(F)F. The van der Waals surface area contributed by atoms with Crippen LogP contribution in [0.5, 0.6) is 0 Å². The Morgan fingerprint density at radius 1 is 1.21 bits per heavy atom. The van der Waals surface area contributed by atoms with Crippen LogP contribution in [0, 0.1) is 0 Å². The molecule has 0 spiro atoms. The van der Waals surface area contributed by atoms with Gasteiger partial charge in [-0.3, -0.25) is 4.79 Å². The van der Waals surface area contributed by atoms with E-state index in [-0.39, 0.29) is 6.54 Å². The van der Waals surface area contributed by atoms with Gasteiger partial charge in [0, 0.05) is 12.8 Å². The Hall–Kier alpha value is -0.830. The monoisotopic (exact) mass is 304 g/mol. The lowest BCUT2D eigenvalue weighted by Gasteiger charge is -2.25. The van der Waals surface area contributed by atoms with Crippen molar-refractivity contribution >= 4 is 15.7 Å². The lowest BCUT2D eigenvalue weighted by molar-refractivity contribution is -0.139. The number of carbonyl (C=O) groups is 1. The van der Waals surface area contributed by atoms with E-state index in [1.807, 2.05) is 0 Å². The summed E-state index contributed by atoms with van der Waals surface area (Å²) in [5.41, 5.74) is 0. The maximum absolute atomic E-state index is 11.9. The molecule has 0 radical (unpaired) electrons. The van der Waals surface area contributed by atoms with Gasteiger partial charge >= 0.3 is 6.18 Å². The Morgan fingerprint density at radius 2 is 1.68 bits per heavy atom. The lowest BCUT2D eigenvalue weighted by Crippen LogP contribution is -2.50. The Balaban J connectivity index is 4.33. The highest BCUT2D eigenvalue weighted by Gasteiger charge is 2.32. The van der Waals surface area contributed by atoms with Crippen molar-refractivity contribution in [3.8, 4) is 0 Å². The summed E-state index contributed by atoms with van der Waals surface area (Å²) in [5.74, 6) is -0.832. The zero-order chi connectivity index (χ0) is 15.5. The molecule has 0 bridgehead atoms. The first-order chi connectivity index (χ1) is 8.26. The van der Waals surface area contributed by atoms with Gasteiger partial charge in [0.05, 0.1) is 10.8 Å². The number of hydrogen-bond acceptors (Lipinski definition) is 4. The van der Waals surface area contributed by atoms with Crippen molar-refractivity contribution in [2.45, 2.75) is 37.7 Å². The van der Waals surface area contributed by atoms with Gasteiger partial charge in [-0.15, -0.1) is 0 Å². The van der Waals surface area contributed by atoms with E-state index in [4.69, 9.17) is 0 Å². The molecule has 9 heteroatoms. The van der Waals surface area contributed by atoms with Crippen LogP contribution in [0.3, 0.4) is 0 Å². The van der Waals surface area contributed by atoms with Crippen LogP contribution in [0.25, 0.3) is 0 Å². The number of halogens is 3. The predicted molar refractivity (Wildman–Crippen MR) is 65.5 cm³/mol. The van der Waals surface area contributed by atoms with Gasteiger partial charge in [0.2, 0.25) is 5.91 Å². The zero-order valence-corrected chi connectivity index (χ0v) is 12.1. The van der Waals surface area contributed by atoms with E-state index < -0.39 is 39.3 Å². The van der Waals surface area contributed by atoms with Gasteiger partial charge < -0.3 is 10.6 Å². The van der Waals surface area contributed by atoms with Gasteiger partial charge in [0.1, 0.15) is 6.54 Å². The molecule has 0 aliphatic rings. The molecule has 0 aromatic rings. The number of carbonyl (C=O) groups excluding carboxylic acids is 1. The predicted octanol–water partition coefficient (Wildman–Crippen LogP) is 0.466. The van der Waals surface area contributed by atoms with Crippen LogP contribution in [0.2, 0.25) is 0 Å². The average molecular weight is 304 g/mol. The first kappa shape index (κ1) is 18.2. The normalized spacial score (nSPS) is 15.1. The molecule has 2 N–H and O–H groups in total. The second-order valence-electron chi connectivity index (χ2n) is 4.97. The van der Waals surface area contributed by atoms with Crippen LogP contribution in [0.4, 0.5) is 13.2 Å². The molecule has 0 rings (SSSR count). The highest BCUT2D eigenvalue weighted by atomic mass is 32.2. The largest absolute Gasteiger partial charge is 0.405 e. The molecule has 5 nitrogen and oxygen atoms in total. The fourth-order valence-electron chi connectivity index (χ4n) is 0.963. The highest BCUT2D eigenvalue weighted by Crippen LogP contribution is 2.14. The van der Waals surface area contributed by atoms with Gasteiger partial charge in [-0.2, -0.15) is 13.2 Å². The van der Waals surface area contributed by atoms with Gasteiger partial charge in [0.15, 0.2) is 9.84 Å². The third-order valence-electron chi connectivity index (χ3n) is 2.69. The van der Waals surface area contributed by atoms with E-state index in [1.165, 1.54) is 20.8 Å². The van der Waals surface area contributed by atoms with E-state index in [1.54, 1.807) is 5.32 Å². The van der Waals surface area contributed by atoms with Crippen molar-refractivity contribution in [2.24, 2.45) is 0 Å². The van der Waals surface area contributed by atoms with E-state index in [2.05, 4.69) is 5.32 Å². The summed E-state index contributed by atoms with van der Waals surface area (Å²) in [6.45, 7) is 2.86. The van der Waals surface area contributed by atoms with Crippen molar-refractivity contribution < 1.29 is 26.4 Å². The third kappa shape index (κ3) is 6.76. The van der Waals surface area contributed by atoms with Gasteiger partial charge in [-0.05, 0) is 20.8 Å². The molecule has 1 unspecified atom stereocenters. The zero-order valence-electron chi connectivity index (χ0n) is 11.3. The number of hydrogen-bond donors (Lipinski definition) is 2. The van der Waals surface area contributed by atoms with E-state index in [9.17, 15) is 26.4 Å². The molecule has 114 valence electrons. The number of rotatable bonds is 6. The van der Waals surface area contributed by atoms with Crippen LogP contribution in [-0.2, 0) is 14.6 Å². The molecule has 1 amide bonds. The third-order valence-corrected chi connectivity index (χ3v) is 4.85. The van der Waals surface area contributed by atoms with Crippen molar-refractivity contribution in [1.82, 2.24) is 10.6 Å². The van der Waals surface area contributed by atoms with Crippen molar-refractivity contribution in [1.29, 1.82) is 0 Å². The minimum absolute atomic E-state index is 0.0353. The van der Waals surface area contributed by atoms with Crippen molar-refractivity contribution in [2.75, 3.05) is 19.3 Å². The maximum atomic E-state index is 11.9. The van der Waals surface area contributed by atoms with Gasteiger partial charge in [-0.25, -0.2) is 8.42 Å². The molecule has 0 aromatic heterocycles. The van der Waals surface area contributed by atoms with Crippen LogP contribution < -0.4 is 10.6 Å². The molecule has 0 aliphatic carbocycles. The Labute approximate surface area is 110 Å². The fourth-order valence-corrected chi connectivity index (χ4v) is 1.31. The summed E-state index contributed by atoms with van der Waals surface area (Å²) < 4.78 is 57.4. The maximum Gasteiger partial charge on any atom is 0.405 e. The summed E-state index contributed by atoms with van der Waals surface area (Å²) in [6.07, 6.45) is -3.41. The van der Waals surface area contributed by atoms with Crippen LogP contribution in [0.15, 0.2) is 0 Å². The van der Waals surface area contributed by atoms with Gasteiger partial charge in [-0.1, -0.05) is 0 Å². The minimum Gasteiger partial charge on any atom is -0.346 e. The summed E-state index contributed by atoms with van der Waals surface area (Å²) >= 11 is 0. The van der Waals surface area contributed by atoms with Crippen molar-refractivity contribution in [3.05, 3.63) is 0 Å². The summed E-state index contributed by atoms with van der Waals surface area (Å²) in [7, 11) is -3.33. The first-order valence-electron chi connectivity index (χ1n) is 5.54. The molecule has 0 saturated carbocycles. The lowest BCUT2D eigenvalue weighted by atomic mass is 10.2. The number of sulfone groups is 1. The van der Waals surface area contributed by atoms with E-state index in [0.717, 1.165) is 6.26 Å². The molecular formula is C10H19F3N2O3S. The summed E-state index contributed by atoms with van der Waals surface area (Å²) in [5, 5.41) is 4.33. The molecule has 0 saturated heterocycles. The number of alkyl halides is 3. The van der Waals surface area contributed by atoms with E-state index in [0.29, 0.717) is 0 Å². The molecule has 0 heterocycles. The molecule has 0 aliphatic heterocycles. The second-order valence-corrected chi connectivity index (χ2v) is 7.62. The fraction of sp³-hybridized carbons (Fsp3) is 0.900. The topological polar surface area (TPSA) is 75.3 Å². The number of amides is 1. The Bertz CT molecular complexity index is 418. The van der Waals surface area contributed by atoms with Gasteiger partial charge in [0.25, 0.3) is 0 Å². The molecule has 0 aromatic carbocycles. The Kier molecular flexibility index (Phi) is 5.82. The average Bonchev–Trinajstić information content (AvgIpc) is 2.19. The first-order valence-corrected chi connectivity index (χ1v) is 7.43.